The van der Waals surface area contributed by atoms with Crippen LogP contribution in [-0.2, 0) is 6.42 Å². The molecule has 1 nitrogen and oxygen atoms in total. The standard InChI is InChI=1S/C12H17N/c13-7-6-11-9-12(11)8-10-4-2-1-3-5-10/h1-5,11-12H,6-9,13H2. The Morgan fingerprint density at radius 2 is 1.92 bits per heavy atom. The SMILES string of the molecule is NCCC1CC1Cc1ccccc1. The molecule has 1 heteroatoms. The first-order valence-electron chi connectivity index (χ1n) is 5.14. The first-order chi connectivity index (χ1) is 6.40. The maximum Gasteiger partial charge on any atom is -0.00745 e. The summed E-state index contributed by atoms with van der Waals surface area (Å²) < 4.78 is 0. The van der Waals surface area contributed by atoms with Gasteiger partial charge in [0.15, 0.2) is 0 Å². The van der Waals surface area contributed by atoms with Crippen molar-refractivity contribution >= 4 is 0 Å². The third-order valence-corrected chi connectivity index (χ3v) is 2.95. The Morgan fingerprint density at radius 1 is 1.15 bits per heavy atom. The summed E-state index contributed by atoms with van der Waals surface area (Å²) in [4.78, 5) is 0. The van der Waals surface area contributed by atoms with Crippen LogP contribution < -0.4 is 5.73 Å². The van der Waals surface area contributed by atoms with Crippen LogP contribution in [0.15, 0.2) is 30.3 Å². The average molecular weight is 175 g/mol. The number of rotatable bonds is 4. The van der Waals surface area contributed by atoms with Gasteiger partial charge in [-0.25, -0.2) is 0 Å². The van der Waals surface area contributed by atoms with Crippen LogP contribution in [-0.4, -0.2) is 6.54 Å². The van der Waals surface area contributed by atoms with Crippen molar-refractivity contribution in [3.05, 3.63) is 35.9 Å². The molecule has 0 radical (unpaired) electrons. The largest absolute Gasteiger partial charge is 0.330 e. The third-order valence-electron chi connectivity index (χ3n) is 2.95. The molecule has 2 N–H and O–H groups in total. The highest BCUT2D eigenvalue weighted by Crippen LogP contribution is 2.43. The smallest absolute Gasteiger partial charge is 0.00745 e. The molecule has 1 aromatic carbocycles. The van der Waals surface area contributed by atoms with Crippen LogP contribution in [0, 0.1) is 11.8 Å². The van der Waals surface area contributed by atoms with E-state index >= 15 is 0 Å². The van der Waals surface area contributed by atoms with E-state index in [9.17, 15) is 0 Å². The van der Waals surface area contributed by atoms with E-state index in [2.05, 4.69) is 30.3 Å². The number of nitrogens with two attached hydrogens (primary N) is 1. The highest BCUT2D eigenvalue weighted by molar-refractivity contribution is 5.16. The molecule has 1 saturated carbocycles. The second-order valence-electron chi connectivity index (χ2n) is 4.02. The van der Waals surface area contributed by atoms with Crippen molar-refractivity contribution in [3.63, 3.8) is 0 Å². The van der Waals surface area contributed by atoms with E-state index in [0.29, 0.717) is 0 Å². The van der Waals surface area contributed by atoms with E-state index in [1.54, 1.807) is 0 Å². The maximum atomic E-state index is 5.53. The van der Waals surface area contributed by atoms with Crippen molar-refractivity contribution in [1.29, 1.82) is 0 Å². The molecule has 13 heavy (non-hydrogen) atoms. The normalized spacial score (nSPS) is 25.9. The topological polar surface area (TPSA) is 26.0 Å². The molecule has 0 amide bonds. The van der Waals surface area contributed by atoms with E-state index in [1.165, 1.54) is 24.8 Å². The molecule has 2 atom stereocenters. The first-order valence-corrected chi connectivity index (χ1v) is 5.14. The zero-order valence-corrected chi connectivity index (χ0v) is 7.95. The van der Waals surface area contributed by atoms with Crippen molar-refractivity contribution in [2.75, 3.05) is 6.54 Å². The minimum Gasteiger partial charge on any atom is -0.330 e. The zero-order chi connectivity index (χ0) is 9.10. The Kier molecular flexibility index (Phi) is 2.65. The van der Waals surface area contributed by atoms with Gasteiger partial charge in [-0.1, -0.05) is 30.3 Å². The van der Waals surface area contributed by atoms with Crippen molar-refractivity contribution in [1.82, 2.24) is 0 Å². The fraction of sp³-hybridized carbons (Fsp3) is 0.500. The Bertz CT molecular complexity index is 255. The van der Waals surface area contributed by atoms with Gasteiger partial charge in [0.1, 0.15) is 0 Å². The minimum atomic E-state index is 0.857. The molecule has 1 aromatic rings. The lowest BCUT2D eigenvalue weighted by molar-refractivity contribution is 0.650. The van der Waals surface area contributed by atoms with Crippen molar-refractivity contribution in [2.45, 2.75) is 19.3 Å². The molecule has 0 saturated heterocycles. The number of hydrogen-bond acceptors (Lipinski definition) is 1. The molecule has 2 unspecified atom stereocenters. The molecule has 1 aliphatic carbocycles. The number of benzene rings is 1. The average Bonchev–Trinajstić information content (AvgIpc) is 2.86. The summed E-state index contributed by atoms with van der Waals surface area (Å²) in [6.07, 6.45) is 3.87. The van der Waals surface area contributed by atoms with Gasteiger partial charge in [0.05, 0.1) is 0 Å². The van der Waals surface area contributed by atoms with Gasteiger partial charge < -0.3 is 5.73 Å². The third kappa shape index (κ3) is 2.31. The zero-order valence-electron chi connectivity index (χ0n) is 7.95. The Balaban J connectivity index is 1.81. The van der Waals surface area contributed by atoms with Crippen LogP contribution in [0.3, 0.4) is 0 Å². The Labute approximate surface area is 80.0 Å². The molecule has 0 aromatic heterocycles. The predicted octanol–water partition coefficient (Wildman–Crippen LogP) is 2.21. The van der Waals surface area contributed by atoms with Gasteiger partial charge in [-0.3, -0.25) is 0 Å². The lowest BCUT2D eigenvalue weighted by Gasteiger charge is -1.99. The van der Waals surface area contributed by atoms with E-state index in [1.807, 2.05) is 0 Å². The van der Waals surface area contributed by atoms with Crippen LogP contribution in [0.5, 0.6) is 0 Å². The van der Waals surface area contributed by atoms with Gasteiger partial charge in [-0.15, -0.1) is 0 Å². The fourth-order valence-electron chi connectivity index (χ4n) is 2.04. The molecule has 1 aliphatic rings. The molecule has 1 fully saturated rings. The van der Waals surface area contributed by atoms with E-state index in [4.69, 9.17) is 5.73 Å². The molecule has 2 rings (SSSR count). The summed E-state index contributed by atoms with van der Waals surface area (Å²) >= 11 is 0. The molecule has 70 valence electrons. The molecule has 0 bridgehead atoms. The minimum absolute atomic E-state index is 0.857. The van der Waals surface area contributed by atoms with Crippen LogP contribution >= 0.6 is 0 Å². The van der Waals surface area contributed by atoms with Gasteiger partial charge in [0.25, 0.3) is 0 Å². The van der Waals surface area contributed by atoms with Gasteiger partial charge in [-0.2, -0.15) is 0 Å². The second kappa shape index (κ2) is 3.93. The van der Waals surface area contributed by atoms with Crippen LogP contribution in [0.25, 0.3) is 0 Å². The Hall–Kier alpha value is -0.820. The summed E-state index contributed by atoms with van der Waals surface area (Å²) in [5, 5.41) is 0. The van der Waals surface area contributed by atoms with Gasteiger partial charge in [0, 0.05) is 0 Å². The van der Waals surface area contributed by atoms with Crippen molar-refractivity contribution < 1.29 is 0 Å². The van der Waals surface area contributed by atoms with E-state index < -0.39 is 0 Å². The molecule has 0 aliphatic heterocycles. The monoisotopic (exact) mass is 175 g/mol. The lowest BCUT2D eigenvalue weighted by Crippen LogP contribution is -2.00. The number of hydrogen-bond donors (Lipinski definition) is 1. The van der Waals surface area contributed by atoms with Crippen LogP contribution in [0.1, 0.15) is 18.4 Å². The van der Waals surface area contributed by atoms with Crippen molar-refractivity contribution in [2.24, 2.45) is 17.6 Å². The van der Waals surface area contributed by atoms with Crippen LogP contribution in [0.2, 0.25) is 0 Å². The summed E-state index contributed by atoms with van der Waals surface area (Å²) in [6.45, 7) is 0.857. The Morgan fingerprint density at radius 3 is 2.62 bits per heavy atom. The second-order valence-corrected chi connectivity index (χ2v) is 4.02. The highest BCUT2D eigenvalue weighted by atomic mass is 14.5. The highest BCUT2D eigenvalue weighted by Gasteiger charge is 2.35. The van der Waals surface area contributed by atoms with Gasteiger partial charge in [-0.05, 0) is 43.2 Å². The summed E-state index contributed by atoms with van der Waals surface area (Å²) in [7, 11) is 0. The van der Waals surface area contributed by atoms with E-state index in [-0.39, 0.29) is 0 Å². The lowest BCUT2D eigenvalue weighted by atomic mass is 10.1. The first kappa shape index (κ1) is 8.76. The summed E-state index contributed by atoms with van der Waals surface area (Å²) in [5.41, 5.74) is 7.00. The fourth-order valence-corrected chi connectivity index (χ4v) is 2.04. The van der Waals surface area contributed by atoms with Gasteiger partial charge >= 0.3 is 0 Å². The van der Waals surface area contributed by atoms with Gasteiger partial charge in [0.2, 0.25) is 0 Å². The summed E-state index contributed by atoms with van der Waals surface area (Å²) in [6, 6.07) is 10.8. The maximum absolute atomic E-state index is 5.53. The quantitative estimate of drug-likeness (QED) is 0.746. The van der Waals surface area contributed by atoms with E-state index in [0.717, 1.165) is 18.4 Å². The molecule has 0 heterocycles. The molecular weight excluding hydrogens is 158 g/mol. The molecule has 0 spiro atoms. The molecular formula is C12H17N. The van der Waals surface area contributed by atoms with Crippen LogP contribution in [0.4, 0.5) is 0 Å². The predicted molar refractivity (Wildman–Crippen MR) is 55.4 cm³/mol. The van der Waals surface area contributed by atoms with Crippen molar-refractivity contribution in [3.8, 4) is 0 Å². The summed E-state index contributed by atoms with van der Waals surface area (Å²) in [5.74, 6) is 1.84.